The number of rotatable bonds is 4. The van der Waals surface area contributed by atoms with Gasteiger partial charge in [-0.3, -0.25) is 0 Å². The van der Waals surface area contributed by atoms with Crippen molar-refractivity contribution in [1.82, 2.24) is 0 Å². The monoisotopic (exact) mass is 620 g/mol. The smallest absolute Gasteiger partial charge is 0.0622 e. The Morgan fingerprint density at radius 1 is 0.265 bits per heavy atom. The van der Waals surface area contributed by atoms with Gasteiger partial charge < -0.3 is 0 Å². The Hall–Kier alpha value is -6.24. The zero-order valence-corrected chi connectivity index (χ0v) is 27.0. The van der Waals surface area contributed by atoms with Crippen LogP contribution in [0.15, 0.2) is 194 Å². The van der Waals surface area contributed by atoms with Gasteiger partial charge in [-0.05, 0) is 94.0 Å². The third kappa shape index (κ3) is 3.92. The third-order valence-electron chi connectivity index (χ3n) is 10.7. The van der Waals surface area contributed by atoms with E-state index in [2.05, 4.69) is 194 Å². The van der Waals surface area contributed by atoms with Crippen LogP contribution < -0.4 is 0 Å². The van der Waals surface area contributed by atoms with Gasteiger partial charge in [-0.1, -0.05) is 188 Å². The lowest BCUT2D eigenvalue weighted by Crippen LogP contribution is -2.28. The summed E-state index contributed by atoms with van der Waals surface area (Å²) in [6.07, 6.45) is 0. The van der Waals surface area contributed by atoms with E-state index in [0.29, 0.717) is 0 Å². The Balaban J connectivity index is 1.42. The lowest BCUT2D eigenvalue weighted by atomic mass is 9.67. The zero-order chi connectivity index (χ0) is 32.4. The van der Waals surface area contributed by atoms with Gasteiger partial charge in [-0.15, -0.1) is 0 Å². The molecule has 9 aromatic carbocycles. The molecule has 0 radical (unpaired) electrons. The molecule has 228 valence electrons. The summed E-state index contributed by atoms with van der Waals surface area (Å²) in [5.41, 5.74) is 12.5. The molecular formula is C49H32. The van der Waals surface area contributed by atoms with Gasteiger partial charge in [0.15, 0.2) is 0 Å². The minimum absolute atomic E-state index is 0.483. The summed E-state index contributed by atoms with van der Waals surface area (Å²) in [5.74, 6) is 0. The first-order valence-corrected chi connectivity index (χ1v) is 17.1. The van der Waals surface area contributed by atoms with Gasteiger partial charge in [0, 0.05) is 0 Å². The first-order chi connectivity index (χ1) is 24.4. The minimum Gasteiger partial charge on any atom is -0.0622 e. The molecule has 0 spiro atoms. The Morgan fingerprint density at radius 3 is 1.22 bits per heavy atom. The highest BCUT2D eigenvalue weighted by atomic mass is 14.5. The van der Waals surface area contributed by atoms with E-state index in [1.807, 2.05) is 0 Å². The minimum atomic E-state index is -0.483. The quantitative estimate of drug-likeness (QED) is 0.172. The Kier molecular flexibility index (Phi) is 6.19. The fourth-order valence-electron chi connectivity index (χ4n) is 8.84. The van der Waals surface area contributed by atoms with E-state index < -0.39 is 5.41 Å². The van der Waals surface area contributed by atoms with Crippen molar-refractivity contribution in [3.63, 3.8) is 0 Å². The summed E-state index contributed by atoms with van der Waals surface area (Å²) in [7, 11) is 0. The molecule has 9 aromatic rings. The van der Waals surface area contributed by atoms with E-state index >= 15 is 0 Å². The van der Waals surface area contributed by atoms with Crippen molar-refractivity contribution >= 4 is 32.3 Å². The Labute approximate surface area is 286 Å². The first kappa shape index (κ1) is 27.8. The highest BCUT2D eigenvalue weighted by molar-refractivity contribution is 6.24. The van der Waals surface area contributed by atoms with E-state index in [1.54, 1.807) is 0 Å². The fraction of sp³-hybridized carbons (Fsp3) is 0.0204. The summed E-state index contributed by atoms with van der Waals surface area (Å²) < 4.78 is 0. The van der Waals surface area contributed by atoms with E-state index in [-0.39, 0.29) is 0 Å². The summed E-state index contributed by atoms with van der Waals surface area (Å²) >= 11 is 0. The summed E-state index contributed by atoms with van der Waals surface area (Å²) in [5, 5.41) is 7.64. The van der Waals surface area contributed by atoms with Crippen molar-refractivity contribution in [1.29, 1.82) is 0 Å². The van der Waals surface area contributed by atoms with Crippen LogP contribution in [0.5, 0.6) is 0 Å². The predicted octanol–water partition coefficient (Wildman–Crippen LogP) is 12.8. The Bertz CT molecular complexity index is 2590. The van der Waals surface area contributed by atoms with E-state index in [4.69, 9.17) is 0 Å². The van der Waals surface area contributed by atoms with Gasteiger partial charge in [0.05, 0.1) is 5.41 Å². The maximum Gasteiger partial charge on any atom is 0.0714 e. The standard InChI is InChI=1S/C49H32/c1-4-18-33(19-5-1)46-38-26-12-14-28-40(38)47(41-29-15-13-27-39(41)46)43-32-45-48(37-25-11-10-24-36(37)43)42-30-16-17-31-44(42)49(45,34-20-6-2-7-21-34)35-22-8-3-9-23-35/h1-32H. The molecule has 0 atom stereocenters. The highest BCUT2D eigenvalue weighted by Crippen LogP contribution is 2.59. The van der Waals surface area contributed by atoms with Crippen molar-refractivity contribution in [3.8, 4) is 33.4 Å². The van der Waals surface area contributed by atoms with Gasteiger partial charge in [0.1, 0.15) is 0 Å². The molecule has 0 aliphatic heterocycles. The van der Waals surface area contributed by atoms with Crippen LogP contribution in [0, 0.1) is 0 Å². The molecule has 0 heterocycles. The maximum absolute atomic E-state index is 2.55. The topological polar surface area (TPSA) is 0 Å². The molecule has 49 heavy (non-hydrogen) atoms. The molecular weight excluding hydrogens is 589 g/mol. The molecule has 1 aliphatic rings. The molecule has 0 saturated carbocycles. The maximum atomic E-state index is 2.55. The van der Waals surface area contributed by atoms with Gasteiger partial charge in [-0.2, -0.15) is 0 Å². The summed E-state index contributed by atoms with van der Waals surface area (Å²) in [6, 6.07) is 71.8. The summed E-state index contributed by atoms with van der Waals surface area (Å²) in [6.45, 7) is 0. The second kappa shape index (κ2) is 10.9. The van der Waals surface area contributed by atoms with Gasteiger partial charge in [0.2, 0.25) is 0 Å². The van der Waals surface area contributed by atoms with Crippen LogP contribution in [0.1, 0.15) is 22.3 Å². The molecule has 0 N–H and O–H groups in total. The molecule has 0 bridgehead atoms. The van der Waals surface area contributed by atoms with Gasteiger partial charge >= 0.3 is 0 Å². The lowest BCUT2D eigenvalue weighted by molar-refractivity contribution is 0.769. The fourth-order valence-corrected chi connectivity index (χ4v) is 8.84. The van der Waals surface area contributed by atoms with Gasteiger partial charge in [0.25, 0.3) is 0 Å². The third-order valence-corrected chi connectivity index (χ3v) is 10.7. The second-order valence-electron chi connectivity index (χ2n) is 13.1. The van der Waals surface area contributed by atoms with E-state index in [1.165, 1.54) is 88.0 Å². The van der Waals surface area contributed by atoms with Crippen molar-refractivity contribution in [2.75, 3.05) is 0 Å². The van der Waals surface area contributed by atoms with Crippen LogP contribution in [0.4, 0.5) is 0 Å². The number of hydrogen-bond acceptors (Lipinski definition) is 0. The molecule has 0 fully saturated rings. The van der Waals surface area contributed by atoms with Crippen molar-refractivity contribution in [2.45, 2.75) is 5.41 Å². The van der Waals surface area contributed by atoms with Crippen LogP contribution in [0.2, 0.25) is 0 Å². The SMILES string of the molecule is c1ccc(-c2c3ccccc3c(-c3cc4c(c5ccccc35)-c3ccccc3C4(c3ccccc3)c3ccccc3)c3ccccc23)cc1. The molecule has 10 rings (SSSR count). The second-order valence-corrected chi connectivity index (χ2v) is 13.1. The molecule has 0 nitrogen and oxygen atoms in total. The van der Waals surface area contributed by atoms with E-state index in [0.717, 1.165) is 0 Å². The molecule has 0 unspecified atom stereocenters. The predicted molar refractivity (Wildman–Crippen MR) is 207 cm³/mol. The Morgan fingerprint density at radius 2 is 0.673 bits per heavy atom. The average molecular weight is 621 g/mol. The van der Waals surface area contributed by atoms with Crippen LogP contribution in [0.3, 0.4) is 0 Å². The largest absolute Gasteiger partial charge is 0.0714 e. The van der Waals surface area contributed by atoms with Crippen molar-refractivity contribution < 1.29 is 0 Å². The lowest BCUT2D eigenvalue weighted by Gasteiger charge is -2.34. The van der Waals surface area contributed by atoms with Crippen molar-refractivity contribution in [2.24, 2.45) is 0 Å². The van der Waals surface area contributed by atoms with Crippen LogP contribution >= 0.6 is 0 Å². The molecule has 0 saturated heterocycles. The van der Waals surface area contributed by atoms with Crippen LogP contribution in [-0.4, -0.2) is 0 Å². The van der Waals surface area contributed by atoms with Crippen LogP contribution in [0.25, 0.3) is 65.7 Å². The molecule has 1 aliphatic carbocycles. The molecule has 0 amide bonds. The highest BCUT2D eigenvalue weighted by Gasteiger charge is 2.47. The first-order valence-electron chi connectivity index (χ1n) is 17.1. The van der Waals surface area contributed by atoms with E-state index in [9.17, 15) is 0 Å². The molecule has 0 heteroatoms. The molecule has 0 aromatic heterocycles. The normalized spacial score (nSPS) is 13.1. The van der Waals surface area contributed by atoms with Crippen molar-refractivity contribution in [3.05, 3.63) is 216 Å². The average Bonchev–Trinajstić information content (AvgIpc) is 3.49. The number of hydrogen-bond donors (Lipinski definition) is 0. The zero-order valence-electron chi connectivity index (χ0n) is 27.0. The van der Waals surface area contributed by atoms with Gasteiger partial charge in [-0.25, -0.2) is 0 Å². The summed E-state index contributed by atoms with van der Waals surface area (Å²) in [4.78, 5) is 0. The number of fused-ring (bicyclic) bond motifs is 7. The van der Waals surface area contributed by atoms with Crippen LogP contribution in [-0.2, 0) is 5.41 Å². The number of benzene rings is 9.